The number of hydrogen-bond acceptors (Lipinski definition) is 4. The van der Waals surface area contributed by atoms with Crippen LogP contribution < -0.4 is 4.74 Å². The second-order valence-corrected chi connectivity index (χ2v) is 8.08. The van der Waals surface area contributed by atoms with Crippen molar-refractivity contribution in [1.29, 1.82) is 0 Å². The number of ether oxygens (including phenoxy) is 1. The number of rotatable bonds is 4. The summed E-state index contributed by atoms with van der Waals surface area (Å²) in [6.45, 7) is 4.04. The molecule has 3 rings (SSSR count). The minimum atomic E-state index is 0.120. The predicted molar refractivity (Wildman–Crippen MR) is 98.5 cm³/mol. The van der Waals surface area contributed by atoms with Crippen molar-refractivity contribution in [3.63, 3.8) is 0 Å². The zero-order valence-electron chi connectivity index (χ0n) is 13.6. The predicted octanol–water partition coefficient (Wildman–Crippen LogP) is 3.11. The van der Waals surface area contributed by atoms with Gasteiger partial charge in [-0.05, 0) is 66.3 Å². The maximum absolute atomic E-state index is 12.9. The van der Waals surface area contributed by atoms with Gasteiger partial charge in [0.2, 0.25) is 0 Å². The Labute approximate surface area is 150 Å². The van der Waals surface area contributed by atoms with Gasteiger partial charge < -0.3 is 9.64 Å². The molecular formula is C17H23BrN2O2S. The number of thioether (sulfide) groups is 1. The highest BCUT2D eigenvalue weighted by atomic mass is 79.9. The number of carbonyl (C=O) groups excluding carboxylic acids is 1. The van der Waals surface area contributed by atoms with Crippen LogP contribution in [0.3, 0.4) is 0 Å². The minimum absolute atomic E-state index is 0.120. The molecule has 2 atom stereocenters. The number of amides is 1. The summed E-state index contributed by atoms with van der Waals surface area (Å²) in [5.41, 5.74) is 0.722. The Morgan fingerprint density at radius 1 is 1.30 bits per heavy atom. The van der Waals surface area contributed by atoms with E-state index in [2.05, 4.69) is 27.1 Å². The normalized spacial score (nSPS) is 25.1. The molecule has 0 saturated carbocycles. The van der Waals surface area contributed by atoms with Crippen LogP contribution in [0.1, 0.15) is 23.2 Å². The van der Waals surface area contributed by atoms with Crippen LogP contribution in [0.5, 0.6) is 5.75 Å². The smallest absolute Gasteiger partial charge is 0.253 e. The second kappa shape index (κ2) is 7.45. The van der Waals surface area contributed by atoms with Crippen molar-refractivity contribution in [2.75, 3.05) is 39.5 Å². The van der Waals surface area contributed by atoms with Crippen molar-refractivity contribution in [2.45, 2.75) is 24.1 Å². The zero-order valence-corrected chi connectivity index (χ0v) is 16.0. The zero-order chi connectivity index (χ0) is 16.4. The summed E-state index contributed by atoms with van der Waals surface area (Å²) in [7, 11) is 1.63. The van der Waals surface area contributed by atoms with E-state index in [0.717, 1.165) is 28.9 Å². The van der Waals surface area contributed by atoms with E-state index in [0.29, 0.717) is 11.3 Å². The molecule has 1 aromatic rings. The molecule has 0 bridgehead atoms. The summed E-state index contributed by atoms with van der Waals surface area (Å²) in [6, 6.07) is 6.05. The first kappa shape index (κ1) is 17.1. The Balaban J connectivity index is 1.73. The average Bonchev–Trinajstić information content (AvgIpc) is 3.22. The fourth-order valence-corrected chi connectivity index (χ4v) is 5.00. The van der Waals surface area contributed by atoms with E-state index in [1.165, 1.54) is 25.9 Å². The van der Waals surface area contributed by atoms with Crippen LogP contribution >= 0.6 is 27.7 Å². The summed E-state index contributed by atoms with van der Waals surface area (Å²) >= 11 is 5.36. The third-order valence-electron chi connectivity index (χ3n) is 4.84. The molecular weight excluding hydrogens is 376 g/mol. The van der Waals surface area contributed by atoms with Crippen LogP contribution in [-0.4, -0.2) is 66.5 Å². The first-order valence-electron chi connectivity index (χ1n) is 8.03. The third-order valence-corrected chi connectivity index (χ3v) is 6.52. The SMILES string of the molecule is COc1ccc(C(=O)N2C[C@H](SC)[C@@H](N3CCCC3)C2)cc1Br. The summed E-state index contributed by atoms with van der Waals surface area (Å²) in [5, 5.41) is 0.513. The molecule has 2 aliphatic rings. The van der Waals surface area contributed by atoms with Gasteiger partial charge in [-0.3, -0.25) is 9.69 Å². The van der Waals surface area contributed by atoms with Crippen LogP contribution in [0, 0.1) is 0 Å². The Bertz CT molecular complexity index is 578. The minimum Gasteiger partial charge on any atom is -0.496 e. The molecule has 0 N–H and O–H groups in total. The lowest BCUT2D eigenvalue weighted by Gasteiger charge is -2.27. The van der Waals surface area contributed by atoms with Gasteiger partial charge >= 0.3 is 0 Å². The molecule has 0 radical (unpaired) electrons. The maximum Gasteiger partial charge on any atom is 0.253 e. The standard InChI is InChI=1S/C17H23BrN2O2S/c1-22-15-6-5-12(9-13(15)18)17(21)20-10-14(16(11-20)23-2)19-7-3-4-8-19/h5-6,9,14,16H,3-4,7-8,10-11H2,1-2H3/t14-,16-/m0/s1. The molecule has 1 amide bonds. The van der Waals surface area contributed by atoms with Crippen molar-refractivity contribution in [3.8, 4) is 5.75 Å². The molecule has 23 heavy (non-hydrogen) atoms. The van der Waals surface area contributed by atoms with Gasteiger partial charge in [0.1, 0.15) is 5.75 Å². The van der Waals surface area contributed by atoms with Gasteiger partial charge in [0.05, 0.1) is 11.6 Å². The van der Waals surface area contributed by atoms with Crippen LogP contribution in [0.4, 0.5) is 0 Å². The number of carbonyl (C=O) groups is 1. The van der Waals surface area contributed by atoms with Crippen molar-refractivity contribution in [3.05, 3.63) is 28.2 Å². The van der Waals surface area contributed by atoms with Crippen LogP contribution in [-0.2, 0) is 0 Å². The summed E-state index contributed by atoms with van der Waals surface area (Å²) < 4.78 is 6.06. The Hall–Kier alpha value is -0.720. The molecule has 2 heterocycles. The number of halogens is 1. The largest absolute Gasteiger partial charge is 0.496 e. The van der Waals surface area contributed by atoms with E-state index in [9.17, 15) is 4.79 Å². The fourth-order valence-electron chi connectivity index (χ4n) is 3.56. The topological polar surface area (TPSA) is 32.8 Å². The van der Waals surface area contributed by atoms with Gasteiger partial charge in [0.15, 0.2) is 0 Å². The lowest BCUT2D eigenvalue weighted by Crippen LogP contribution is -2.40. The molecule has 0 aliphatic carbocycles. The van der Waals surface area contributed by atoms with Gasteiger partial charge in [-0.2, -0.15) is 11.8 Å². The van der Waals surface area contributed by atoms with E-state index in [4.69, 9.17) is 4.74 Å². The van der Waals surface area contributed by atoms with Crippen molar-refractivity contribution >= 4 is 33.6 Å². The van der Waals surface area contributed by atoms with Gasteiger partial charge in [-0.15, -0.1) is 0 Å². The van der Waals surface area contributed by atoms with Crippen LogP contribution in [0.15, 0.2) is 22.7 Å². The highest BCUT2D eigenvalue weighted by Crippen LogP contribution is 2.30. The van der Waals surface area contributed by atoms with Crippen LogP contribution in [0.2, 0.25) is 0 Å². The third kappa shape index (κ3) is 3.54. The van der Waals surface area contributed by atoms with Crippen LogP contribution in [0.25, 0.3) is 0 Å². The van der Waals surface area contributed by atoms with Gasteiger partial charge in [0.25, 0.3) is 5.91 Å². The lowest BCUT2D eigenvalue weighted by atomic mass is 10.2. The molecule has 0 unspecified atom stereocenters. The van der Waals surface area contributed by atoms with Gasteiger partial charge in [-0.1, -0.05) is 0 Å². The average molecular weight is 399 g/mol. The molecule has 126 valence electrons. The number of benzene rings is 1. The van der Waals surface area contributed by atoms with E-state index in [1.807, 2.05) is 34.9 Å². The number of methoxy groups -OCH3 is 1. The quantitative estimate of drug-likeness (QED) is 0.779. The van der Waals surface area contributed by atoms with Gasteiger partial charge in [-0.25, -0.2) is 0 Å². The van der Waals surface area contributed by atoms with Crippen molar-refractivity contribution < 1.29 is 9.53 Å². The Morgan fingerprint density at radius 3 is 2.65 bits per heavy atom. The molecule has 4 nitrogen and oxygen atoms in total. The van der Waals surface area contributed by atoms with E-state index in [1.54, 1.807) is 7.11 Å². The van der Waals surface area contributed by atoms with Crippen molar-refractivity contribution in [2.24, 2.45) is 0 Å². The molecule has 2 aliphatic heterocycles. The molecule has 6 heteroatoms. The summed E-state index contributed by atoms with van der Waals surface area (Å²) in [4.78, 5) is 17.4. The highest BCUT2D eigenvalue weighted by molar-refractivity contribution is 9.10. The lowest BCUT2D eigenvalue weighted by molar-refractivity contribution is 0.0780. The maximum atomic E-state index is 12.9. The monoisotopic (exact) mass is 398 g/mol. The summed E-state index contributed by atoms with van der Waals surface area (Å²) in [5.74, 6) is 0.869. The molecule has 1 aromatic carbocycles. The fraction of sp³-hybridized carbons (Fsp3) is 0.588. The van der Waals surface area contributed by atoms with Crippen molar-refractivity contribution in [1.82, 2.24) is 9.80 Å². The molecule has 0 spiro atoms. The Morgan fingerprint density at radius 2 is 2.04 bits per heavy atom. The molecule has 2 fully saturated rings. The van der Waals surface area contributed by atoms with Gasteiger partial charge in [0, 0.05) is 29.9 Å². The number of hydrogen-bond donors (Lipinski definition) is 0. The first-order chi connectivity index (χ1) is 11.1. The number of nitrogens with zero attached hydrogens (tertiary/aromatic N) is 2. The van der Waals surface area contributed by atoms with E-state index < -0.39 is 0 Å². The highest BCUT2D eigenvalue weighted by Gasteiger charge is 2.39. The van der Waals surface area contributed by atoms with E-state index >= 15 is 0 Å². The molecule has 0 aromatic heterocycles. The summed E-state index contributed by atoms with van der Waals surface area (Å²) in [6.07, 6.45) is 4.74. The Kier molecular flexibility index (Phi) is 5.54. The van der Waals surface area contributed by atoms with E-state index in [-0.39, 0.29) is 5.91 Å². The molecule has 2 saturated heterocycles. The first-order valence-corrected chi connectivity index (χ1v) is 10.1. The number of likely N-dealkylation sites (tertiary alicyclic amines) is 2. The second-order valence-electron chi connectivity index (χ2n) is 6.14.